The summed E-state index contributed by atoms with van der Waals surface area (Å²) >= 11 is 0. The van der Waals surface area contributed by atoms with Crippen LogP contribution in [-0.2, 0) is 0 Å². The maximum Gasteiger partial charge on any atom is 0.0462 e. The highest BCUT2D eigenvalue weighted by Gasteiger charge is 2.19. The zero-order valence-electron chi connectivity index (χ0n) is 29.2. The van der Waals surface area contributed by atoms with Crippen molar-refractivity contribution in [1.82, 2.24) is 0 Å². The van der Waals surface area contributed by atoms with E-state index in [1.165, 1.54) is 76.5 Å². The molecular weight excluding hydrogens is 639 g/mol. The van der Waals surface area contributed by atoms with E-state index in [0.29, 0.717) is 0 Å². The summed E-state index contributed by atoms with van der Waals surface area (Å²) in [7, 11) is 0. The van der Waals surface area contributed by atoms with E-state index in [-0.39, 0.29) is 0 Å². The Kier molecular flexibility index (Phi) is 7.55. The molecule has 0 saturated carbocycles. The van der Waals surface area contributed by atoms with Gasteiger partial charge in [0.15, 0.2) is 0 Å². The van der Waals surface area contributed by atoms with Crippen LogP contribution < -0.4 is 4.90 Å². The lowest BCUT2D eigenvalue weighted by molar-refractivity contribution is 1.28. The zero-order valence-corrected chi connectivity index (χ0v) is 29.2. The van der Waals surface area contributed by atoms with Gasteiger partial charge in [-0.3, -0.25) is 0 Å². The van der Waals surface area contributed by atoms with Crippen molar-refractivity contribution in [3.05, 3.63) is 212 Å². The van der Waals surface area contributed by atoms with Crippen molar-refractivity contribution in [2.45, 2.75) is 0 Å². The van der Waals surface area contributed by atoms with E-state index in [1.807, 2.05) is 0 Å². The van der Waals surface area contributed by atoms with Crippen molar-refractivity contribution in [1.29, 1.82) is 0 Å². The van der Waals surface area contributed by atoms with E-state index in [1.54, 1.807) is 0 Å². The highest BCUT2D eigenvalue weighted by molar-refractivity contribution is 6.21. The Labute approximate surface area is 309 Å². The summed E-state index contributed by atoms with van der Waals surface area (Å²) < 4.78 is 0. The van der Waals surface area contributed by atoms with Crippen LogP contribution >= 0.6 is 0 Å². The summed E-state index contributed by atoms with van der Waals surface area (Å²) in [5.41, 5.74) is 10.7. The molecular formula is C52H35N. The van der Waals surface area contributed by atoms with E-state index in [4.69, 9.17) is 0 Å². The van der Waals surface area contributed by atoms with Crippen LogP contribution in [0.25, 0.3) is 76.5 Å². The molecule has 0 amide bonds. The molecule has 0 atom stereocenters. The fourth-order valence-corrected chi connectivity index (χ4v) is 8.23. The number of anilines is 3. The maximum absolute atomic E-state index is 2.35. The molecule has 0 fully saturated rings. The Bertz CT molecular complexity index is 2910. The SMILES string of the molecule is c1ccc(-c2c(-c3ccc(N(c4ccccc4)c4ccc(-c5cc6ccccc6c6ccccc56)cc4)cc3)c3ccccc3c3ccccc23)cc1. The van der Waals surface area contributed by atoms with Gasteiger partial charge in [-0.05, 0) is 119 Å². The van der Waals surface area contributed by atoms with Gasteiger partial charge in [-0.1, -0.05) is 170 Å². The van der Waals surface area contributed by atoms with Gasteiger partial charge in [0.2, 0.25) is 0 Å². The van der Waals surface area contributed by atoms with Gasteiger partial charge in [0.1, 0.15) is 0 Å². The highest BCUT2D eigenvalue weighted by atomic mass is 15.1. The smallest absolute Gasteiger partial charge is 0.0462 e. The van der Waals surface area contributed by atoms with Gasteiger partial charge >= 0.3 is 0 Å². The minimum absolute atomic E-state index is 1.11. The number of hydrogen-bond donors (Lipinski definition) is 0. The van der Waals surface area contributed by atoms with Gasteiger partial charge in [0.05, 0.1) is 0 Å². The van der Waals surface area contributed by atoms with Crippen LogP contribution in [0.15, 0.2) is 212 Å². The quantitative estimate of drug-likeness (QED) is 0.159. The molecule has 1 heteroatoms. The average Bonchev–Trinajstić information content (AvgIpc) is 3.24. The van der Waals surface area contributed by atoms with Gasteiger partial charge in [-0.25, -0.2) is 0 Å². The molecule has 0 N–H and O–H groups in total. The number of fused-ring (bicyclic) bond motifs is 6. The third-order valence-corrected chi connectivity index (χ3v) is 10.6. The molecule has 10 aromatic rings. The monoisotopic (exact) mass is 673 g/mol. The number of rotatable bonds is 6. The van der Waals surface area contributed by atoms with Crippen LogP contribution in [0.5, 0.6) is 0 Å². The molecule has 0 unspecified atom stereocenters. The molecule has 0 spiro atoms. The molecule has 0 heterocycles. The van der Waals surface area contributed by atoms with E-state index in [2.05, 4.69) is 217 Å². The first-order valence-electron chi connectivity index (χ1n) is 18.3. The second-order valence-corrected chi connectivity index (χ2v) is 13.7. The Morgan fingerprint density at radius 3 is 1.19 bits per heavy atom. The second kappa shape index (κ2) is 13.0. The summed E-state index contributed by atoms with van der Waals surface area (Å²) in [5, 5.41) is 10.2. The summed E-state index contributed by atoms with van der Waals surface area (Å²) in [6.45, 7) is 0. The molecule has 0 saturated heterocycles. The molecule has 0 aliphatic rings. The Balaban J connectivity index is 1.10. The van der Waals surface area contributed by atoms with E-state index < -0.39 is 0 Å². The fourth-order valence-electron chi connectivity index (χ4n) is 8.23. The minimum Gasteiger partial charge on any atom is -0.311 e. The topological polar surface area (TPSA) is 3.24 Å². The lowest BCUT2D eigenvalue weighted by Crippen LogP contribution is -2.09. The molecule has 0 aliphatic heterocycles. The van der Waals surface area contributed by atoms with E-state index in [9.17, 15) is 0 Å². The number of hydrogen-bond acceptors (Lipinski definition) is 1. The normalized spacial score (nSPS) is 11.4. The molecule has 0 aliphatic carbocycles. The summed E-state index contributed by atoms with van der Waals surface area (Å²) in [5.74, 6) is 0. The second-order valence-electron chi connectivity index (χ2n) is 13.7. The maximum atomic E-state index is 2.35. The zero-order chi connectivity index (χ0) is 35.1. The average molecular weight is 674 g/mol. The predicted molar refractivity (Wildman–Crippen MR) is 227 cm³/mol. The van der Waals surface area contributed by atoms with Gasteiger partial charge in [-0.2, -0.15) is 0 Å². The van der Waals surface area contributed by atoms with E-state index in [0.717, 1.165) is 17.1 Å². The summed E-state index contributed by atoms with van der Waals surface area (Å²) in [4.78, 5) is 2.35. The van der Waals surface area contributed by atoms with Crippen LogP contribution in [0.3, 0.4) is 0 Å². The summed E-state index contributed by atoms with van der Waals surface area (Å²) in [6.07, 6.45) is 0. The number of para-hydroxylation sites is 1. The first-order valence-corrected chi connectivity index (χ1v) is 18.3. The van der Waals surface area contributed by atoms with Gasteiger partial charge < -0.3 is 4.90 Å². The first-order chi connectivity index (χ1) is 26.3. The molecule has 0 aromatic heterocycles. The first kappa shape index (κ1) is 30.8. The lowest BCUT2D eigenvalue weighted by atomic mass is 9.85. The fraction of sp³-hybridized carbons (Fsp3) is 0. The summed E-state index contributed by atoms with van der Waals surface area (Å²) in [6, 6.07) is 77.1. The third-order valence-electron chi connectivity index (χ3n) is 10.6. The Hall–Kier alpha value is -6.96. The molecule has 0 bridgehead atoms. The van der Waals surface area contributed by atoms with E-state index >= 15 is 0 Å². The van der Waals surface area contributed by atoms with Gasteiger partial charge in [0.25, 0.3) is 0 Å². The van der Waals surface area contributed by atoms with Gasteiger partial charge in [0, 0.05) is 17.1 Å². The third kappa shape index (κ3) is 5.34. The van der Waals surface area contributed by atoms with Crippen molar-refractivity contribution >= 4 is 60.2 Å². The van der Waals surface area contributed by atoms with Crippen molar-refractivity contribution in [2.24, 2.45) is 0 Å². The lowest BCUT2D eigenvalue weighted by Gasteiger charge is -2.26. The Morgan fingerprint density at radius 1 is 0.245 bits per heavy atom. The van der Waals surface area contributed by atoms with Crippen LogP contribution in [0.4, 0.5) is 17.1 Å². The van der Waals surface area contributed by atoms with Crippen molar-refractivity contribution in [2.75, 3.05) is 4.90 Å². The molecule has 0 radical (unpaired) electrons. The van der Waals surface area contributed by atoms with Crippen molar-refractivity contribution < 1.29 is 0 Å². The predicted octanol–water partition coefficient (Wildman–Crippen LogP) is 14.8. The van der Waals surface area contributed by atoms with Crippen molar-refractivity contribution in [3.63, 3.8) is 0 Å². The Morgan fingerprint density at radius 2 is 0.623 bits per heavy atom. The molecule has 248 valence electrons. The molecule has 10 rings (SSSR count). The molecule has 53 heavy (non-hydrogen) atoms. The van der Waals surface area contributed by atoms with Crippen molar-refractivity contribution in [3.8, 4) is 33.4 Å². The molecule has 10 aromatic carbocycles. The minimum atomic E-state index is 1.11. The van der Waals surface area contributed by atoms with Crippen LogP contribution in [0, 0.1) is 0 Å². The van der Waals surface area contributed by atoms with Gasteiger partial charge in [-0.15, -0.1) is 0 Å². The van der Waals surface area contributed by atoms with Crippen LogP contribution in [-0.4, -0.2) is 0 Å². The number of nitrogens with zero attached hydrogens (tertiary/aromatic N) is 1. The number of benzene rings is 10. The molecule has 1 nitrogen and oxygen atoms in total. The van der Waals surface area contributed by atoms with Crippen LogP contribution in [0.2, 0.25) is 0 Å². The highest BCUT2D eigenvalue weighted by Crippen LogP contribution is 2.45. The largest absolute Gasteiger partial charge is 0.311 e. The standard InChI is InChI=1S/C52H35N/c1-3-15-37(16-4-1)51-48-25-13-11-22-45(48)46-23-12-14-26-49(46)52(51)38-29-33-42(34-30-38)53(40-18-5-2-6-19-40)41-31-27-36(28-32-41)50-35-39-17-7-8-20-43(39)44-21-9-10-24-47(44)50/h1-35H. The van der Waals surface area contributed by atoms with Crippen LogP contribution in [0.1, 0.15) is 0 Å².